The van der Waals surface area contributed by atoms with Crippen molar-refractivity contribution in [1.82, 2.24) is 0 Å². The first kappa shape index (κ1) is 11.6. The molecule has 1 saturated carbocycles. The van der Waals surface area contributed by atoms with Gasteiger partial charge in [-0.25, -0.2) is 4.99 Å². The van der Waals surface area contributed by atoms with Crippen molar-refractivity contribution >= 4 is 11.6 Å². The molecule has 2 aliphatic carbocycles. The second-order valence-corrected chi connectivity index (χ2v) is 5.57. The van der Waals surface area contributed by atoms with Crippen molar-refractivity contribution in [2.75, 3.05) is 5.32 Å². The van der Waals surface area contributed by atoms with E-state index in [1.54, 1.807) is 0 Å². The third-order valence-corrected chi connectivity index (χ3v) is 4.03. The van der Waals surface area contributed by atoms with E-state index >= 15 is 0 Å². The first-order valence-corrected chi connectivity index (χ1v) is 6.95. The highest BCUT2D eigenvalue weighted by Gasteiger charge is 2.32. The Morgan fingerprint density at radius 1 is 1.33 bits per heavy atom. The van der Waals surface area contributed by atoms with Gasteiger partial charge < -0.3 is 11.1 Å². The number of aliphatic imine (C=N–C) groups is 1. The van der Waals surface area contributed by atoms with Gasteiger partial charge in [0.05, 0.1) is 6.04 Å². The number of hydrogen-bond acceptors (Lipinski definition) is 1. The summed E-state index contributed by atoms with van der Waals surface area (Å²) in [5, 5.41) is 3.29. The van der Waals surface area contributed by atoms with E-state index in [-0.39, 0.29) is 0 Å². The Balaban J connectivity index is 1.78. The smallest absolute Gasteiger partial charge is 0.193 e. The van der Waals surface area contributed by atoms with Gasteiger partial charge in [-0.2, -0.15) is 0 Å². The summed E-state index contributed by atoms with van der Waals surface area (Å²) in [5.41, 5.74) is 10.0. The lowest BCUT2D eigenvalue weighted by atomic mass is 9.90. The van der Waals surface area contributed by atoms with Crippen LogP contribution in [0.2, 0.25) is 0 Å². The summed E-state index contributed by atoms with van der Waals surface area (Å²) >= 11 is 0. The SMILES string of the molecule is CC1CC1N=C(N)Nc1cccc2c1CCCC2. The predicted molar refractivity (Wildman–Crippen MR) is 75.9 cm³/mol. The maximum absolute atomic E-state index is 5.98. The first-order chi connectivity index (χ1) is 8.74. The summed E-state index contributed by atoms with van der Waals surface area (Å²) in [6.45, 7) is 2.21. The third kappa shape index (κ3) is 2.35. The lowest BCUT2D eigenvalue weighted by molar-refractivity contribution is 0.687. The third-order valence-electron chi connectivity index (χ3n) is 4.03. The zero-order valence-electron chi connectivity index (χ0n) is 10.9. The Labute approximate surface area is 108 Å². The first-order valence-electron chi connectivity index (χ1n) is 6.95. The van der Waals surface area contributed by atoms with Gasteiger partial charge in [-0.3, -0.25) is 0 Å². The molecule has 1 aromatic carbocycles. The molecule has 0 saturated heterocycles. The predicted octanol–water partition coefficient (Wildman–Crippen LogP) is 2.70. The monoisotopic (exact) mass is 243 g/mol. The van der Waals surface area contributed by atoms with Crippen LogP contribution in [0.4, 0.5) is 5.69 Å². The number of guanidine groups is 1. The van der Waals surface area contributed by atoms with Crippen molar-refractivity contribution in [2.24, 2.45) is 16.6 Å². The molecular weight excluding hydrogens is 222 g/mol. The number of hydrogen-bond donors (Lipinski definition) is 2. The van der Waals surface area contributed by atoms with Crippen LogP contribution in [0.1, 0.15) is 37.3 Å². The zero-order valence-corrected chi connectivity index (χ0v) is 10.9. The van der Waals surface area contributed by atoms with Gasteiger partial charge in [0.2, 0.25) is 0 Å². The minimum Gasteiger partial charge on any atom is -0.370 e. The van der Waals surface area contributed by atoms with Crippen LogP contribution >= 0.6 is 0 Å². The van der Waals surface area contributed by atoms with Crippen molar-refractivity contribution in [3.05, 3.63) is 29.3 Å². The Morgan fingerprint density at radius 2 is 2.11 bits per heavy atom. The molecule has 3 nitrogen and oxygen atoms in total. The molecule has 18 heavy (non-hydrogen) atoms. The minimum atomic E-state index is 0.442. The molecule has 3 heteroatoms. The fraction of sp³-hybridized carbons (Fsp3) is 0.533. The highest BCUT2D eigenvalue weighted by molar-refractivity contribution is 5.93. The standard InChI is InChI=1S/C15H21N3/c1-10-9-14(10)18-15(16)17-13-8-4-6-11-5-2-3-7-12(11)13/h4,6,8,10,14H,2-3,5,7,9H2,1H3,(H3,16,17,18). The second-order valence-electron chi connectivity index (χ2n) is 5.57. The van der Waals surface area contributed by atoms with Crippen LogP contribution in [0.5, 0.6) is 0 Å². The number of nitrogens with two attached hydrogens (primary N) is 1. The molecule has 0 heterocycles. The Hall–Kier alpha value is -1.51. The second kappa shape index (κ2) is 4.63. The van der Waals surface area contributed by atoms with Gasteiger partial charge >= 0.3 is 0 Å². The van der Waals surface area contributed by atoms with Crippen molar-refractivity contribution in [2.45, 2.75) is 45.1 Å². The fourth-order valence-electron chi connectivity index (χ4n) is 2.73. The average molecular weight is 243 g/mol. The molecule has 3 rings (SSSR count). The van der Waals surface area contributed by atoms with Crippen LogP contribution in [-0.4, -0.2) is 12.0 Å². The summed E-state index contributed by atoms with van der Waals surface area (Å²) in [6.07, 6.45) is 6.12. The molecule has 2 atom stereocenters. The topological polar surface area (TPSA) is 50.4 Å². The van der Waals surface area contributed by atoms with Crippen LogP contribution < -0.4 is 11.1 Å². The van der Waals surface area contributed by atoms with Gasteiger partial charge in [0.25, 0.3) is 0 Å². The number of nitrogens with one attached hydrogen (secondary N) is 1. The number of aryl methyl sites for hydroxylation is 1. The van der Waals surface area contributed by atoms with E-state index in [4.69, 9.17) is 5.73 Å². The largest absolute Gasteiger partial charge is 0.370 e. The number of benzene rings is 1. The van der Waals surface area contributed by atoms with Crippen molar-refractivity contribution in [3.63, 3.8) is 0 Å². The Morgan fingerprint density at radius 3 is 2.89 bits per heavy atom. The number of fused-ring (bicyclic) bond motifs is 1. The molecule has 0 amide bonds. The number of anilines is 1. The molecule has 0 aliphatic heterocycles. The van der Waals surface area contributed by atoms with Gasteiger partial charge in [0, 0.05) is 5.69 Å². The molecule has 0 radical (unpaired) electrons. The molecular formula is C15H21N3. The molecule has 0 bridgehead atoms. The van der Waals surface area contributed by atoms with E-state index in [1.807, 2.05) is 0 Å². The van der Waals surface area contributed by atoms with Crippen molar-refractivity contribution < 1.29 is 0 Å². The molecule has 96 valence electrons. The molecule has 1 aromatic rings. The van der Waals surface area contributed by atoms with Gasteiger partial charge in [0.1, 0.15) is 0 Å². The summed E-state index contributed by atoms with van der Waals surface area (Å²) in [4.78, 5) is 4.50. The molecule has 3 N–H and O–H groups in total. The van der Waals surface area contributed by atoms with Crippen LogP contribution in [0.3, 0.4) is 0 Å². The van der Waals surface area contributed by atoms with E-state index < -0.39 is 0 Å². The summed E-state index contributed by atoms with van der Waals surface area (Å²) in [7, 11) is 0. The Kier molecular flexibility index (Phi) is 2.98. The van der Waals surface area contributed by atoms with E-state index in [0.717, 1.165) is 12.1 Å². The molecule has 1 fully saturated rings. The normalized spacial score (nSPS) is 26.6. The quantitative estimate of drug-likeness (QED) is 0.620. The number of nitrogens with zero attached hydrogens (tertiary/aromatic N) is 1. The van der Waals surface area contributed by atoms with Gasteiger partial charge in [0.15, 0.2) is 5.96 Å². The fourth-order valence-corrected chi connectivity index (χ4v) is 2.73. The minimum absolute atomic E-state index is 0.442. The van der Waals surface area contributed by atoms with E-state index in [0.29, 0.717) is 17.9 Å². The highest BCUT2D eigenvalue weighted by atomic mass is 15.1. The van der Waals surface area contributed by atoms with Crippen LogP contribution in [0, 0.1) is 5.92 Å². The summed E-state index contributed by atoms with van der Waals surface area (Å²) < 4.78 is 0. The lowest BCUT2D eigenvalue weighted by Crippen LogP contribution is -2.24. The molecule has 2 unspecified atom stereocenters. The average Bonchev–Trinajstić information content (AvgIpc) is 3.05. The summed E-state index contributed by atoms with van der Waals surface area (Å²) in [5.74, 6) is 1.28. The lowest BCUT2D eigenvalue weighted by Gasteiger charge is -2.19. The summed E-state index contributed by atoms with van der Waals surface area (Å²) in [6, 6.07) is 6.90. The van der Waals surface area contributed by atoms with Crippen molar-refractivity contribution in [3.8, 4) is 0 Å². The van der Waals surface area contributed by atoms with Gasteiger partial charge in [-0.1, -0.05) is 19.1 Å². The van der Waals surface area contributed by atoms with E-state index in [9.17, 15) is 0 Å². The van der Waals surface area contributed by atoms with E-state index in [1.165, 1.54) is 36.8 Å². The highest BCUT2D eigenvalue weighted by Crippen LogP contribution is 2.33. The molecule has 2 aliphatic rings. The zero-order chi connectivity index (χ0) is 12.5. The molecule has 0 aromatic heterocycles. The van der Waals surface area contributed by atoms with Crippen molar-refractivity contribution in [1.29, 1.82) is 0 Å². The Bertz CT molecular complexity index is 479. The molecule has 0 spiro atoms. The van der Waals surface area contributed by atoms with Crippen LogP contribution in [0.15, 0.2) is 23.2 Å². The van der Waals surface area contributed by atoms with Gasteiger partial charge in [-0.15, -0.1) is 0 Å². The van der Waals surface area contributed by atoms with Crippen LogP contribution in [0.25, 0.3) is 0 Å². The number of rotatable bonds is 2. The maximum Gasteiger partial charge on any atom is 0.193 e. The van der Waals surface area contributed by atoms with Gasteiger partial charge in [-0.05, 0) is 55.2 Å². The van der Waals surface area contributed by atoms with Crippen LogP contribution in [-0.2, 0) is 12.8 Å². The van der Waals surface area contributed by atoms with E-state index in [2.05, 4.69) is 35.4 Å². The maximum atomic E-state index is 5.98.